The molecule has 1 nitrogen and oxygen atoms in total. The van der Waals surface area contributed by atoms with Crippen LogP contribution in [0.3, 0.4) is 0 Å². The van der Waals surface area contributed by atoms with Crippen molar-refractivity contribution in [2.75, 3.05) is 0 Å². The summed E-state index contributed by atoms with van der Waals surface area (Å²) in [6.45, 7) is 4.12. The fourth-order valence-corrected chi connectivity index (χ4v) is 0.655. The molecule has 0 aliphatic carbocycles. The van der Waals surface area contributed by atoms with E-state index in [1.165, 1.54) is 0 Å². The minimum absolute atomic E-state index is 0.479. The molecule has 0 unspecified atom stereocenters. The first-order chi connectivity index (χ1) is 4.81. The number of hydrogen-bond acceptors (Lipinski definition) is 1. The molecule has 0 atom stereocenters. The molecule has 0 heterocycles. The maximum Gasteiger partial charge on any atom is 0.0922 e. The number of aliphatic hydroxyl groups excluding tert-OH is 1. The summed E-state index contributed by atoms with van der Waals surface area (Å²) in [7, 11) is 0. The summed E-state index contributed by atoms with van der Waals surface area (Å²) in [6.07, 6.45) is 8.48. The molecule has 0 spiro atoms. The van der Waals surface area contributed by atoms with Gasteiger partial charge >= 0.3 is 0 Å². The standard InChI is InChI=1S/C9H16O/c1-3-5-6-8-9(10)7-4-2/h5-6,8,10H,3-4,7H2,1-2H3/b6-5-,9-8+. The first-order valence-corrected chi connectivity index (χ1v) is 3.85. The molecule has 0 bridgehead atoms. The van der Waals surface area contributed by atoms with Crippen molar-refractivity contribution in [3.8, 4) is 0 Å². The Labute approximate surface area is 63.1 Å². The minimum Gasteiger partial charge on any atom is -0.512 e. The Balaban J connectivity index is 3.56. The highest BCUT2D eigenvalue weighted by Gasteiger charge is 1.85. The van der Waals surface area contributed by atoms with Crippen molar-refractivity contribution in [1.29, 1.82) is 0 Å². The highest BCUT2D eigenvalue weighted by Crippen LogP contribution is 1.99. The van der Waals surface area contributed by atoms with Crippen LogP contribution in [0.15, 0.2) is 24.0 Å². The predicted octanol–water partition coefficient (Wildman–Crippen LogP) is 3.19. The molecule has 0 aliphatic heterocycles. The topological polar surface area (TPSA) is 20.2 Å². The van der Waals surface area contributed by atoms with Crippen LogP contribution in [0, 0.1) is 0 Å². The molecular weight excluding hydrogens is 124 g/mol. The van der Waals surface area contributed by atoms with E-state index in [1.54, 1.807) is 6.08 Å². The zero-order valence-electron chi connectivity index (χ0n) is 6.80. The second-order valence-electron chi connectivity index (χ2n) is 2.24. The van der Waals surface area contributed by atoms with Crippen LogP contribution >= 0.6 is 0 Å². The van der Waals surface area contributed by atoms with E-state index in [0.717, 1.165) is 19.3 Å². The zero-order valence-corrected chi connectivity index (χ0v) is 6.80. The molecule has 0 radical (unpaired) electrons. The average Bonchev–Trinajstić information content (AvgIpc) is 1.89. The van der Waals surface area contributed by atoms with Crippen LogP contribution in [0.2, 0.25) is 0 Å². The van der Waals surface area contributed by atoms with Crippen molar-refractivity contribution in [2.45, 2.75) is 33.1 Å². The molecule has 0 fully saturated rings. The van der Waals surface area contributed by atoms with E-state index in [1.807, 2.05) is 19.1 Å². The Morgan fingerprint density at radius 3 is 2.60 bits per heavy atom. The van der Waals surface area contributed by atoms with Crippen LogP contribution in [0.4, 0.5) is 0 Å². The van der Waals surface area contributed by atoms with Gasteiger partial charge < -0.3 is 5.11 Å². The van der Waals surface area contributed by atoms with Gasteiger partial charge in [-0.2, -0.15) is 0 Å². The third-order valence-electron chi connectivity index (χ3n) is 1.17. The van der Waals surface area contributed by atoms with Crippen molar-refractivity contribution >= 4 is 0 Å². The van der Waals surface area contributed by atoms with Gasteiger partial charge in [-0.25, -0.2) is 0 Å². The van der Waals surface area contributed by atoms with Crippen LogP contribution in [-0.2, 0) is 0 Å². The third-order valence-corrected chi connectivity index (χ3v) is 1.17. The van der Waals surface area contributed by atoms with Gasteiger partial charge in [0.25, 0.3) is 0 Å². The summed E-state index contributed by atoms with van der Waals surface area (Å²) in [5.41, 5.74) is 0. The molecule has 0 aromatic carbocycles. The van der Waals surface area contributed by atoms with Crippen LogP contribution < -0.4 is 0 Å². The van der Waals surface area contributed by atoms with Crippen LogP contribution in [0.1, 0.15) is 33.1 Å². The van der Waals surface area contributed by atoms with E-state index >= 15 is 0 Å². The van der Waals surface area contributed by atoms with E-state index in [4.69, 9.17) is 5.11 Å². The SMILES string of the molecule is CC/C=C\C=C(\O)CCC. The van der Waals surface area contributed by atoms with Gasteiger partial charge in [-0.3, -0.25) is 0 Å². The third kappa shape index (κ3) is 5.42. The Kier molecular flexibility index (Phi) is 5.94. The van der Waals surface area contributed by atoms with Gasteiger partial charge in [-0.05, 0) is 18.9 Å². The lowest BCUT2D eigenvalue weighted by atomic mass is 10.2. The monoisotopic (exact) mass is 140 g/mol. The number of hydrogen-bond donors (Lipinski definition) is 1. The van der Waals surface area contributed by atoms with Crippen molar-refractivity contribution < 1.29 is 5.11 Å². The van der Waals surface area contributed by atoms with Crippen LogP contribution in [0.5, 0.6) is 0 Å². The van der Waals surface area contributed by atoms with E-state index < -0.39 is 0 Å². The van der Waals surface area contributed by atoms with Crippen molar-refractivity contribution in [3.63, 3.8) is 0 Å². The molecule has 0 amide bonds. The van der Waals surface area contributed by atoms with Crippen molar-refractivity contribution in [2.24, 2.45) is 0 Å². The van der Waals surface area contributed by atoms with Gasteiger partial charge in [-0.1, -0.05) is 26.0 Å². The number of rotatable bonds is 4. The van der Waals surface area contributed by atoms with Crippen LogP contribution in [0.25, 0.3) is 0 Å². The molecule has 1 heteroatoms. The Hall–Kier alpha value is -0.720. The maximum absolute atomic E-state index is 9.09. The molecule has 0 aromatic heterocycles. The quantitative estimate of drug-likeness (QED) is 0.469. The maximum atomic E-state index is 9.09. The highest BCUT2D eigenvalue weighted by atomic mass is 16.3. The van der Waals surface area contributed by atoms with Gasteiger partial charge in [-0.15, -0.1) is 0 Å². The molecule has 0 aliphatic rings. The normalized spacial score (nSPS) is 12.8. The van der Waals surface area contributed by atoms with E-state index in [0.29, 0.717) is 5.76 Å². The molecule has 0 saturated carbocycles. The second-order valence-corrected chi connectivity index (χ2v) is 2.24. The first-order valence-electron chi connectivity index (χ1n) is 3.85. The Morgan fingerprint density at radius 2 is 2.10 bits per heavy atom. The van der Waals surface area contributed by atoms with E-state index in [9.17, 15) is 0 Å². The summed E-state index contributed by atoms with van der Waals surface area (Å²) in [5.74, 6) is 0.479. The predicted molar refractivity (Wildman–Crippen MR) is 45.1 cm³/mol. The molecule has 10 heavy (non-hydrogen) atoms. The van der Waals surface area contributed by atoms with E-state index in [2.05, 4.69) is 6.92 Å². The van der Waals surface area contributed by atoms with Gasteiger partial charge in [0.05, 0.1) is 5.76 Å². The Bertz CT molecular complexity index is 123. The molecule has 0 saturated heterocycles. The zero-order chi connectivity index (χ0) is 7.82. The number of aliphatic hydroxyl groups is 1. The van der Waals surface area contributed by atoms with Gasteiger partial charge in [0.15, 0.2) is 0 Å². The molecule has 0 aromatic rings. The molecular formula is C9H16O. The fraction of sp³-hybridized carbons (Fsp3) is 0.556. The lowest BCUT2D eigenvalue weighted by Gasteiger charge is -1.91. The average molecular weight is 140 g/mol. The largest absolute Gasteiger partial charge is 0.512 e. The first kappa shape index (κ1) is 9.28. The van der Waals surface area contributed by atoms with Crippen molar-refractivity contribution in [3.05, 3.63) is 24.0 Å². The summed E-state index contributed by atoms with van der Waals surface area (Å²) in [4.78, 5) is 0. The summed E-state index contributed by atoms with van der Waals surface area (Å²) < 4.78 is 0. The molecule has 58 valence electrons. The number of allylic oxidation sites excluding steroid dienone is 4. The van der Waals surface area contributed by atoms with E-state index in [-0.39, 0.29) is 0 Å². The van der Waals surface area contributed by atoms with Crippen molar-refractivity contribution in [1.82, 2.24) is 0 Å². The minimum atomic E-state index is 0.479. The smallest absolute Gasteiger partial charge is 0.0922 e. The lowest BCUT2D eigenvalue weighted by molar-refractivity contribution is 0.387. The molecule has 0 rings (SSSR count). The lowest BCUT2D eigenvalue weighted by Crippen LogP contribution is -1.76. The highest BCUT2D eigenvalue weighted by molar-refractivity contribution is 5.06. The van der Waals surface area contributed by atoms with Gasteiger partial charge in [0.1, 0.15) is 0 Å². The molecule has 1 N–H and O–H groups in total. The summed E-state index contributed by atoms with van der Waals surface area (Å²) >= 11 is 0. The van der Waals surface area contributed by atoms with Gasteiger partial charge in [0.2, 0.25) is 0 Å². The second kappa shape index (κ2) is 6.40. The fourth-order valence-electron chi connectivity index (χ4n) is 0.655. The summed E-state index contributed by atoms with van der Waals surface area (Å²) in [5, 5.41) is 9.09. The Morgan fingerprint density at radius 1 is 1.40 bits per heavy atom. The van der Waals surface area contributed by atoms with Gasteiger partial charge in [0, 0.05) is 6.42 Å². The van der Waals surface area contributed by atoms with Crippen LogP contribution in [-0.4, -0.2) is 5.11 Å². The summed E-state index contributed by atoms with van der Waals surface area (Å²) in [6, 6.07) is 0.